The van der Waals surface area contributed by atoms with Crippen LogP contribution in [0.3, 0.4) is 0 Å². The summed E-state index contributed by atoms with van der Waals surface area (Å²) in [4.78, 5) is 7.94. The van der Waals surface area contributed by atoms with Gasteiger partial charge in [-0.25, -0.2) is 4.98 Å². The van der Waals surface area contributed by atoms with Crippen molar-refractivity contribution >= 4 is 16.5 Å². The predicted molar refractivity (Wildman–Crippen MR) is 79.5 cm³/mol. The van der Waals surface area contributed by atoms with E-state index < -0.39 is 0 Å². The van der Waals surface area contributed by atoms with Gasteiger partial charge in [-0.2, -0.15) is 0 Å². The van der Waals surface area contributed by atoms with Crippen molar-refractivity contribution in [3.8, 4) is 0 Å². The fourth-order valence-corrected chi connectivity index (χ4v) is 2.80. The lowest BCUT2D eigenvalue weighted by Crippen LogP contribution is -2.16. The number of nitrogens with one attached hydrogen (secondary N) is 1. The molecule has 0 aliphatic carbocycles. The number of hydrogen-bond donors (Lipinski definition) is 1. The molecule has 0 spiro atoms. The Morgan fingerprint density at radius 3 is 2.95 bits per heavy atom. The second-order valence-corrected chi connectivity index (χ2v) is 5.85. The molecule has 2 aromatic heterocycles. The van der Waals surface area contributed by atoms with Gasteiger partial charge in [0.1, 0.15) is 5.76 Å². The van der Waals surface area contributed by atoms with Crippen molar-refractivity contribution in [1.82, 2.24) is 9.88 Å². The summed E-state index contributed by atoms with van der Waals surface area (Å²) in [6.45, 7) is 6.95. The fraction of sp³-hybridized carbons (Fsp3) is 0.500. The van der Waals surface area contributed by atoms with Gasteiger partial charge in [-0.1, -0.05) is 6.92 Å². The molecule has 0 saturated carbocycles. The summed E-state index contributed by atoms with van der Waals surface area (Å²) in [5.41, 5.74) is 1.25. The van der Waals surface area contributed by atoms with E-state index in [4.69, 9.17) is 4.42 Å². The molecule has 0 saturated heterocycles. The zero-order valence-corrected chi connectivity index (χ0v) is 12.6. The van der Waals surface area contributed by atoms with Gasteiger partial charge in [0, 0.05) is 36.3 Å². The monoisotopic (exact) mass is 279 g/mol. The Kier molecular flexibility index (Phi) is 4.99. The van der Waals surface area contributed by atoms with Crippen molar-refractivity contribution in [2.75, 3.05) is 18.9 Å². The summed E-state index contributed by atoms with van der Waals surface area (Å²) < 4.78 is 5.32. The molecule has 0 unspecified atom stereocenters. The van der Waals surface area contributed by atoms with Gasteiger partial charge in [0.2, 0.25) is 0 Å². The summed E-state index contributed by atoms with van der Waals surface area (Å²) in [6.07, 6.45) is 4.83. The van der Waals surface area contributed by atoms with E-state index >= 15 is 0 Å². The second kappa shape index (κ2) is 6.73. The van der Waals surface area contributed by atoms with E-state index in [0.29, 0.717) is 0 Å². The summed E-state index contributed by atoms with van der Waals surface area (Å²) in [5, 5.41) is 4.33. The normalized spacial score (nSPS) is 11.2. The maximum Gasteiger partial charge on any atom is 0.182 e. The zero-order chi connectivity index (χ0) is 13.7. The number of rotatable bonds is 7. The average molecular weight is 279 g/mol. The van der Waals surface area contributed by atoms with Crippen molar-refractivity contribution in [3.63, 3.8) is 0 Å². The molecule has 0 amide bonds. The topological polar surface area (TPSA) is 41.3 Å². The van der Waals surface area contributed by atoms with Gasteiger partial charge in [-0.3, -0.25) is 4.90 Å². The van der Waals surface area contributed by atoms with Crippen LogP contribution in [0.1, 0.15) is 29.5 Å². The van der Waals surface area contributed by atoms with Gasteiger partial charge in [0.25, 0.3) is 0 Å². The SMILES string of the molecule is CCCNc1ncc(CN(C)Cc2ccoc2C)s1. The lowest BCUT2D eigenvalue weighted by atomic mass is 10.2. The highest BCUT2D eigenvalue weighted by Crippen LogP contribution is 2.20. The molecule has 0 aromatic carbocycles. The highest BCUT2D eigenvalue weighted by Gasteiger charge is 2.08. The van der Waals surface area contributed by atoms with E-state index in [9.17, 15) is 0 Å². The molecule has 4 nitrogen and oxygen atoms in total. The van der Waals surface area contributed by atoms with Crippen LogP contribution in [0.5, 0.6) is 0 Å². The van der Waals surface area contributed by atoms with Crippen molar-refractivity contribution < 1.29 is 4.42 Å². The van der Waals surface area contributed by atoms with Crippen molar-refractivity contribution in [3.05, 3.63) is 34.7 Å². The van der Waals surface area contributed by atoms with Crippen LogP contribution >= 0.6 is 11.3 Å². The van der Waals surface area contributed by atoms with Crippen LogP contribution in [0, 0.1) is 6.92 Å². The Morgan fingerprint density at radius 1 is 1.42 bits per heavy atom. The first kappa shape index (κ1) is 14.1. The lowest BCUT2D eigenvalue weighted by Gasteiger charge is -2.14. The van der Waals surface area contributed by atoms with Crippen molar-refractivity contribution in [1.29, 1.82) is 0 Å². The van der Waals surface area contributed by atoms with E-state index in [0.717, 1.165) is 36.9 Å². The largest absolute Gasteiger partial charge is 0.469 e. The number of aromatic nitrogens is 1. The first-order chi connectivity index (χ1) is 9.19. The molecule has 5 heteroatoms. The maximum atomic E-state index is 5.32. The van der Waals surface area contributed by atoms with Crippen molar-refractivity contribution in [2.45, 2.75) is 33.4 Å². The van der Waals surface area contributed by atoms with Crippen LogP contribution in [-0.4, -0.2) is 23.5 Å². The number of nitrogens with zero attached hydrogens (tertiary/aromatic N) is 2. The highest BCUT2D eigenvalue weighted by molar-refractivity contribution is 7.15. The molecule has 2 heterocycles. The van der Waals surface area contributed by atoms with E-state index in [-0.39, 0.29) is 0 Å². The Labute approximate surface area is 118 Å². The van der Waals surface area contributed by atoms with E-state index in [2.05, 4.69) is 29.2 Å². The minimum atomic E-state index is 0.901. The second-order valence-electron chi connectivity index (χ2n) is 4.73. The Bertz CT molecular complexity index is 506. The molecular formula is C14H21N3OS. The molecule has 104 valence electrons. The number of aryl methyl sites for hydroxylation is 1. The standard InChI is InChI=1S/C14H21N3OS/c1-4-6-15-14-16-8-13(19-14)10-17(3)9-12-5-7-18-11(12)2/h5,7-8H,4,6,9-10H2,1-3H3,(H,15,16). The number of hydrogen-bond acceptors (Lipinski definition) is 5. The summed E-state index contributed by atoms with van der Waals surface area (Å²) >= 11 is 1.73. The number of anilines is 1. The molecule has 0 fully saturated rings. The fourth-order valence-electron chi connectivity index (χ4n) is 1.88. The average Bonchev–Trinajstić information content (AvgIpc) is 2.97. The molecule has 2 aromatic rings. The third kappa shape index (κ3) is 4.08. The molecule has 2 rings (SSSR count). The van der Waals surface area contributed by atoms with Crippen molar-refractivity contribution in [2.24, 2.45) is 0 Å². The minimum Gasteiger partial charge on any atom is -0.469 e. The third-order valence-electron chi connectivity index (χ3n) is 2.91. The quantitative estimate of drug-likeness (QED) is 0.842. The molecule has 0 bridgehead atoms. The Balaban J connectivity index is 1.86. The molecule has 1 N–H and O–H groups in total. The van der Waals surface area contributed by atoms with Crippen LogP contribution in [0.4, 0.5) is 5.13 Å². The third-order valence-corrected chi connectivity index (χ3v) is 3.85. The highest BCUT2D eigenvalue weighted by atomic mass is 32.1. The van der Waals surface area contributed by atoms with E-state index in [1.165, 1.54) is 10.4 Å². The number of thiazole rings is 1. The predicted octanol–water partition coefficient (Wildman–Crippen LogP) is 3.50. The Hall–Kier alpha value is -1.33. The minimum absolute atomic E-state index is 0.901. The summed E-state index contributed by atoms with van der Waals surface area (Å²) in [6, 6.07) is 2.03. The van der Waals surface area contributed by atoms with E-state index in [1.54, 1.807) is 17.6 Å². The van der Waals surface area contributed by atoms with Gasteiger partial charge in [-0.15, -0.1) is 11.3 Å². The number of furan rings is 1. The van der Waals surface area contributed by atoms with Gasteiger partial charge < -0.3 is 9.73 Å². The summed E-state index contributed by atoms with van der Waals surface area (Å²) in [5.74, 6) is 1.00. The molecule has 0 aliphatic heterocycles. The maximum absolute atomic E-state index is 5.32. The smallest absolute Gasteiger partial charge is 0.182 e. The lowest BCUT2D eigenvalue weighted by molar-refractivity contribution is 0.319. The molecule has 19 heavy (non-hydrogen) atoms. The van der Waals surface area contributed by atoms with Crippen LogP contribution in [0.25, 0.3) is 0 Å². The van der Waals surface area contributed by atoms with Gasteiger partial charge in [0.05, 0.1) is 6.26 Å². The van der Waals surface area contributed by atoms with Crippen LogP contribution in [-0.2, 0) is 13.1 Å². The molecule has 0 radical (unpaired) electrons. The van der Waals surface area contributed by atoms with Gasteiger partial charge >= 0.3 is 0 Å². The van der Waals surface area contributed by atoms with E-state index in [1.807, 2.05) is 19.2 Å². The first-order valence-corrected chi connectivity index (χ1v) is 7.40. The van der Waals surface area contributed by atoms with Crippen LogP contribution < -0.4 is 5.32 Å². The molecule has 0 atom stereocenters. The first-order valence-electron chi connectivity index (χ1n) is 6.59. The molecular weight excluding hydrogens is 258 g/mol. The zero-order valence-electron chi connectivity index (χ0n) is 11.8. The van der Waals surface area contributed by atoms with Gasteiger partial charge in [0.15, 0.2) is 5.13 Å². The van der Waals surface area contributed by atoms with Crippen LogP contribution in [0.2, 0.25) is 0 Å². The van der Waals surface area contributed by atoms with Crippen LogP contribution in [0.15, 0.2) is 22.9 Å². The molecule has 0 aliphatic rings. The Morgan fingerprint density at radius 2 is 2.26 bits per heavy atom. The van der Waals surface area contributed by atoms with Gasteiger partial charge in [-0.05, 0) is 26.5 Å². The summed E-state index contributed by atoms with van der Waals surface area (Å²) in [7, 11) is 2.12.